The molecule has 0 aromatic carbocycles. The van der Waals surface area contributed by atoms with Gasteiger partial charge >= 0.3 is 12.1 Å². The van der Waals surface area contributed by atoms with Crippen molar-refractivity contribution in [3.63, 3.8) is 0 Å². The second kappa shape index (κ2) is 15.4. The van der Waals surface area contributed by atoms with Gasteiger partial charge in [-0.25, -0.2) is 9.59 Å². The lowest BCUT2D eigenvalue weighted by molar-refractivity contribution is -0.121. The zero-order valence-corrected chi connectivity index (χ0v) is 23.0. The molecule has 0 spiro atoms. The first-order valence-electron chi connectivity index (χ1n) is 14.1. The van der Waals surface area contributed by atoms with Gasteiger partial charge in [-0.1, -0.05) is 6.42 Å². The van der Waals surface area contributed by atoms with Crippen LogP contribution < -0.4 is 21.3 Å². The summed E-state index contributed by atoms with van der Waals surface area (Å²) in [5.74, 6) is 9.22. The highest BCUT2D eigenvalue weighted by atomic mass is 32.2. The predicted octanol–water partition coefficient (Wildman–Crippen LogP) is 2.03. The number of hydrogen-bond acceptors (Lipinski definition) is 7. The topological polar surface area (TPSA) is 127 Å². The molecule has 0 radical (unpaired) electrons. The van der Waals surface area contributed by atoms with Crippen LogP contribution >= 0.6 is 11.8 Å². The molecule has 0 bridgehead atoms. The van der Waals surface area contributed by atoms with Crippen molar-refractivity contribution < 1.29 is 28.6 Å². The number of carbonyl (C=O) groups excluding carboxylic acids is 3. The normalized spacial score (nSPS) is 28.9. The van der Waals surface area contributed by atoms with Crippen molar-refractivity contribution >= 4 is 29.8 Å². The number of thioether (sulfide) groups is 1. The molecule has 1 unspecified atom stereocenters. The summed E-state index contributed by atoms with van der Waals surface area (Å²) < 4.78 is 16.3. The van der Waals surface area contributed by atoms with Crippen LogP contribution in [0.5, 0.6) is 0 Å². The zero-order chi connectivity index (χ0) is 26.6. The number of carbonyl (C=O) groups is 3. The van der Waals surface area contributed by atoms with Crippen molar-refractivity contribution in [3.8, 4) is 11.8 Å². The van der Waals surface area contributed by atoms with Crippen LogP contribution in [0.4, 0.5) is 9.59 Å². The van der Waals surface area contributed by atoms with Crippen molar-refractivity contribution in [2.24, 2.45) is 17.8 Å². The van der Waals surface area contributed by atoms with E-state index in [9.17, 15) is 14.4 Å². The largest absolute Gasteiger partial charge is 0.449 e. The molecule has 2 aliphatic carbocycles. The highest BCUT2D eigenvalue weighted by Crippen LogP contribution is 2.52. The number of urea groups is 1. The summed E-state index contributed by atoms with van der Waals surface area (Å²) in [6.07, 6.45) is 7.12. The molecule has 5 atom stereocenters. The third kappa shape index (κ3) is 9.24. The Labute approximate surface area is 229 Å². The van der Waals surface area contributed by atoms with Gasteiger partial charge in [-0.05, 0) is 43.4 Å². The smallest absolute Gasteiger partial charge is 0.407 e. The maximum atomic E-state index is 12.0. The summed E-state index contributed by atoms with van der Waals surface area (Å²) in [6.45, 7) is 3.05. The van der Waals surface area contributed by atoms with Crippen LogP contribution in [0.1, 0.15) is 51.4 Å². The van der Waals surface area contributed by atoms with Gasteiger partial charge in [-0.2, -0.15) is 11.8 Å². The van der Waals surface area contributed by atoms with E-state index >= 15 is 0 Å². The van der Waals surface area contributed by atoms with Crippen molar-refractivity contribution in [1.29, 1.82) is 0 Å². The number of ether oxygens (including phenoxy) is 3. The minimum atomic E-state index is -0.387. The van der Waals surface area contributed by atoms with Crippen LogP contribution in [0.25, 0.3) is 0 Å². The molecule has 38 heavy (non-hydrogen) atoms. The maximum absolute atomic E-state index is 12.0. The quantitative estimate of drug-likeness (QED) is 0.132. The van der Waals surface area contributed by atoms with E-state index in [1.807, 2.05) is 11.8 Å². The van der Waals surface area contributed by atoms with E-state index in [1.54, 1.807) is 0 Å². The lowest BCUT2D eigenvalue weighted by Crippen LogP contribution is -2.36. The molecule has 0 aromatic rings. The van der Waals surface area contributed by atoms with E-state index in [4.69, 9.17) is 14.2 Å². The molecule has 4 N–H and O–H groups in total. The van der Waals surface area contributed by atoms with Crippen LogP contribution in [-0.2, 0) is 19.0 Å². The van der Waals surface area contributed by atoms with Gasteiger partial charge in [0, 0.05) is 43.4 Å². The SMILES string of the molecule is O=C(CCCCC1SC[C@H]2NC(=O)N[C@@H]12)NCCOCCOCCNC(=O)OCC1[C@@H]2CCC#CCC[C@@H]12. The Morgan fingerprint density at radius 1 is 0.947 bits per heavy atom. The molecule has 4 aliphatic rings. The van der Waals surface area contributed by atoms with Gasteiger partial charge in [-0.3, -0.25) is 4.79 Å². The Balaban J connectivity index is 0.881. The highest BCUT2D eigenvalue weighted by Gasteiger charge is 2.49. The fourth-order valence-corrected chi connectivity index (χ4v) is 7.22. The molecule has 4 amide bonds. The van der Waals surface area contributed by atoms with E-state index in [0.29, 0.717) is 75.5 Å². The molecule has 2 saturated heterocycles. The summed E-state index contributed by atoms with van der Waals surface area (Å²) in [5.41, 5.74) is 0. The number of unbranched alkanes of at least 4 members (excludes halogenated alkanes) is 1. The van der Waals surface area contributed by atoms with Gasteiger partial charge in [0.25, 0.3) is 0 Å². The summed E-state index contributed by atoms with van der Waals surface area (Å²) in [5, 5.41) is 12.0. The Hall–Kier alpha value is -2.16. The lowest BCUT2D eigenvalue weighted by Gasteiger charge is -2.16. The molecule has 3 fully saturated rings. The fraction of sp³-hybridized carbons (Fsp3) is 0.815. The van der Waals surface area contributed by atoms with Gasteiger partial charge in [0.2, 0.25) is 5.91 Å². The van der Waals surface area contributed by atoms with Crippen LogP contribution in [0.15, 0.2) is 0 Å². The van der Waals surface area contributed by atoms with E-state index in [2.05, 4.69) is 33.1 Å². The van der Waals surface area contributed by atoms with Gasteiger partial charge in [-0.15, -0.1) is 11.8 Å². The molecule has 11 heteroatoms. The van der Waals surface area contributed by atoms with E-state index in [1.165, 1.54) is 0 Å². The molecule has 0 aromatic heterocycles. The van der Waals surface area contributed by atoms with E-state index < -0.39 is 0 Å². The van der Waals surface area contributed by atoms with Crippen molar-refractivity contribution in [2.75, 3.05) is 51.9 Å². The summed E-state index contributed by atoms with van der Waals surface area (Å²) in [7, 11) is 0. The van der Waals surface area contributed by atoms with E-state index in [-0.39, 0.29) is 30.1 Å². The summed E-state index contributed by atoms with van der Waals surface area (Å²) in [6, 6.07) is 0.414. The predicted molar refractivity (Wildman–Crippen MR) is 145 cm³/mol. The van der Waals surface area contributed by atoms with E-state index in [0.717, 1.165) is 50.7 Å². The van der Waals surface area contributed by atoms with Crippen molar-refractivity contribution in [1.82, 2.24) is 21.3 Å². The van der Waals surface area contributed by atoms with Gasteiger partial charge in [0.05, 0.1) is 45.1 Å². The minimum Gasteiger partial charge on any atom is -0.449 e. The monoisotopic (exact) mass is 550 g/mol. The molecule has 2 aliphatic heterocycles. The summed E-state index contributed by atoms with van der Waals surface area (Å²) in [4.78, 5) is 35.3. The first-order valence-corrected chi connectivity index (χ1v) is 15.1. The van der Waals surface area contributed by atoms with Gasteiger partial charge < -0.3 is 35.5 Å². The Morgan fingerprint density at radius 3 is 2.39 bits per heavy atom. The Morgan fingerprint density at radius 2 is 1.66 bits per heavy atom. The van der Waals surface area contributed by atoms with Crippen LogP contribution in [-0.4, -0.2) is 87.2 Å². The zero-order valence-electron chi connectivity index (χ0n) is 22.1. The van der Waals surface area contributed by atoms with Gasteiger partial charge in [0.1, 0.15) is 0 Å². The number of nitrogens with one attached hydrogen (secondary N) is 4. The second-order valence-electron chi connectivity index (χ2n) is 10.4. The number of amides is 4. The second-order valence-corrected chi connectivity index (χ2v) is 11.7. The number of fused-ring (bicyclic) bond motifs is 2. The third-order valence-corrected chi connectivity index (χ3v) is 9.29. The van der Waals surface area contributed by atoms with Crippen molar-refractivity contribution in [3.05, 3.63) is 0 Å². The lowest BCUT2D eigenvalue weighted by atomic mass is 10.0. The van der Waals surface area contributed by atoms with Crippen molar-refractivity contribution in [2.45, 2.75) is 68.7 Å². The van der Waals surface area contributed by atoms with Gasteiger partial charge in [0.15, 0.2) is 0 Å². The van der Waals surface area contributed by atoms with Crippen LogP contribution in [0.3, 0.4) is 0 Å². The molecule has 4 rings (SSSR count). The number of rotatable bonds is 16. The molecule has 10 nitrogen and oxygen atoms in total. The third-order valence-electron chi connectivity index (χ3n) is 7.78. The minimum absolute atomic E-state index is 0.0380. The Kier molecular flexibility index (Phi) is 11.7. The molecule has 1 saturated carbocycles. The summed E-state index contributed by atoms with van der Waals surface area (Å²) >= 11 is 1.90. The average Bonchev–Trinajstić information content (AvgIpc) is 3.16. The first-order chi connectivity index (χ1) is 18.6. The Bertz CT molecular complexity index is 846. The van der Waals surface area contributed by atoms with Crippen LogP contribution in [0, 0.1) is 29.6 Å². The fourth-order valence-electron chi connectivity index (χ4n) is 5.68. The standard InChI is InChI=1S/C27H42N4O6S/c32-24(10-6-5-9-23-25-22(18-38-23)30-26(33)31-25)28-11-13-35-15-16-36-14-12-29-27(34)37-17-21-19-7-3-1-2-4-8-20(19)21/h19-23,25H,3-18H2,(H,28,32)(H,29,34)(H2,30,31,33)/t19-,20-,22-,23?,25-/m1/s1. The first kappa shape index (κ1) is 28.8. The number of hydrogen-bond donors (Lipinski definition) is 4. The molecule has 2 heterocycles. The molecular formula is C27H42N4O6S. The highest BCUT2D eigenvalue weighted by molar-refractivity contribution is 8.00. The van der Waals surface area contributed by atoms with Crippen LogP contribution in [0.2, 0.25) is 0 Å². The average molecular weight is 551 g/mol. The maximum Gasteiger partial charge on any atom is 0.407 e. The molecular weight excluding hydrogens is 508 g/mol. The molecule has 212 valence electrons. The number of alkyl carbamates (subject to hydrolysis) is 1.